The average molecular weight is 104 g/mol. The van der Waals surface area contributed by atoms with Crippen LogP contribution >= 0.6 is 0 Å². The Labute approximate surface area is 51.3 Å². The van der Waals surface area contributed by atoms with Gasteiger partial charge in [0, 0.05) is 19.3 Å². The summed E-state index contributed by atoms with van der Waals surface area (Å²) in [6, 6.07) is 0. The molecule has 40 valence electrons. The third kappa shape index (κ3) is 5.12. The van der Waals surface area contributed by atoms with Crippen LogP contribution in [0.2, 0.25) is 0 Å². The molecule has 2 radical (unpaired) electrons. The minimum Gasteiger partial charge on any atom is -0.103 e. The first-order valence-corrected chi connectivity index (χ1v) is 2.56. The summed E-state index contributed by atoms with van der Waals surface area (Å²) in [6.07, 6.45) is 8.56. The largest absolute Gasteiger partial charge is 0.103 e. The van der Waals surface area contributed by atoms with Crippen molar-refractivity contribution in [2.24, 2.45) is 0 Å². The van der Waals surface area contributed by atoms with Gasteiger partial charge in [0.2, 0.25) is 0 Å². The van der Waals surface area contributed by atoms with Crippen LogP contribution in [0.5, 0.6) is 0 Å². The summed E-state index contributed by atoms with van der Waals surface area (Å²) < 4.78 is 0. The molecule has 0 fully saturated rings. The number of rotatable bonds is 1. The minimum absolute atomic E-state index is 0.646. The maximum atomic E-state index is 6.50. The standard InChI is InChI=1S/C8H8/c1-3-5-7-8-6-4-2/h1,3,6,8H2. The predicted octanol–water partition coefficient (Wildman–Crippen LogP) is 1.58. The molecule has 0 heterocycles. The Bertz CT molecular complexity index is 126. The van der Waals surface area contributed by atoms with Crippen molar-refractivity contribution in [1.82, 2.24) is 0 Å². The molecule has 0 aromatic carbocycles. The summed E-state index contributed by atoms with van der Waals surface area (Å²) in [5, 5.41) is 0. The van der Waals surface area contributed by atoms with E-state index in [1.807, 2.05) is 0 Å². The lowest BCUT2D eigenvalue weighted by molar-refractivity contribution is 1.12. The summed E-state index contributed by atoms with van der Waals surface area (Å²) in [5.41, 5.74) is 0. The van der Waals surface area contributed by atoms with Crippen LogP contribution < -0.4 is 0 Å². The normalized spacial score (nSPS) is 6.50. The van der Waals surface area contributed by atoms with Crippen LogP contribution in [0.15, 0.2) is 0 Å². The fourth-order valence-corrected chi connectivity index (χ4v) is 0.302. The van der Waals surface area contributed by atoms with E-state index in [2.05, 4.69) is 24.7 Å². The zero-order valence-electron chi connectivity index (χ0n) is 4.83. The fraction of sp³-hybridized carbons (Fsp3) is 0.375. The Hall–Kier alpha value is -0.880. The van der Waals surface area contributed by atoms with Gasteiger partial charge in [0.15, 0.2) is 0 Å². The minimum atomic E-state index is 0.646. The van der Waals surface area contributed by atoms with Crippen molar-refractivity contribution in [2.45, 2.75) is 19.3 Å². The van der Waals surface area contributed by atoms with Crippen LogP contribution in [0.25, 0.3) is 0 Å². The number of unbranched alkanes of at least 4 members (excludes halogenated alkanes) is 1. The molecule has 0 saturated carbocycles. The molecule has 0 aromatic rings. The maximum absolute atomic E-state index is 6.50. The molecule has 0 bridgehead atoms. The quantitative estimate of drug-likeness (QED) is 0.350. The average Bonchev–Trinajstić information content (AvgIpc) is 1.81. The summed E-state index contributed by atoms with van der Waals surface area (Å²) in [5.74, 6) is 7.89. The monoisotopic (exact) mass is 104 g/mol. The molecule has 0 saturated heterocycles. The van der Waals surface area contributed by atoms with Gasteiger partial charge in [-0.05, 0) is 13.3 Å². The van der Waals surface area contributed by atoms with Gasteiger partial charge in [-0.15, -0.1) is 11.8 Å². The highest BCUT2D eigenvalue weighted by Crippen LogP contribution is 1.81. The zero-order chi connectivity index (χ0) is 6.24. The highest BCUT2D eigenvalue weighted by atomic mass is 13.7. The summed E-state index contributed by atoms with van der Waals surface area (Å²) >= 11 is 0. The second-order valence-corrected chi connectivity index (χ2v) is 1.28. The molecule has 0 aliphatic carbocycles. The van der Waals surface area contributed by atoms with E-state index in [0.717, 1.165) is 6.42 Å². The fourth-order valence-electron chi connectivity index (χ4n) is 0.302. The van der Waals surface area contributed by atoms with Gasteiger partial charge in [-0.3, -0.25) is 0 Å². The Morgan fingerprint density at radius 3 is 2.50 bits per heavy atom. The first-order valence-electron chi connectivity index (χ1n) is 2.56. The molecule has 0 aromatic heterocycles. The molecule has 0 nitrogen and oxygen atoms in total. The van der Waals surface area contributed by atoms with Crippen LogP contribution in [-0.4, -0.2) is 0 Å². The lowest BCUT2D eigenvalue weighted by Gasteiger charge is -1.74. The van der Waals surface area contributed by atoms with Gasteiger partial charge in [0.1, 0.15) is 0 Å². The summed E-state index contributed by atoms with van der Waals surface area (Å²) in [4.78, 5) is 0. The number of hydrogen-bond acceptors (Lipinski definition) is 0. The van der Waals surface area contributed by atoms with Gasteiger partial charge >= 0.3 is 0 Å². The Morgan fingerprint density at radius 2 is 2.00 bits per heavy atom. The van der Waals surface area contributed by atoms with Crippen LogP contribution in [0.1, 0.15) is 19.3 Å². The van der Waals surface area contributed by atoms with E-state index in [4.69, 9.17) is 6.42 Å². The van der Waals surface area contributed by atoms with E-state index in [1.165, 1.54) is 0 Å². The lowest BCUT2D eigenvalue weighted by Crippen LogP contribution is -1.62. The predicted molar refractivity (Wildman–Crippen MR) is 34.1 cm³/mol. The first-order chi connectivity index (χ1) is 3.91. The Kier molecular flexibility index (Phi) is 5.45. The van der Waals surface area contributed by atoms with Gasteiger partial charge in [0.05, 0.1) is 0 Å². The molecule has 0 aliphatic heterocycles. The van der Waals surface area contributed by atoms with E-state index < -0.39 is 0 Å². The molecular formula is C8H8. The van der Waals surface area contributed by atoms with Crippen molar-refractivity contribution in [3.05, 3.63) is 13.3 Å². The first kappa shape index (κ1) is 7.12. The van der Waals surface area contributed by atoms with Crippen molar-refractivity contribution in [3.8, 4) is 17.8 Å². The molecule has 0 atom stereocenters. The molecule has 0 aliphatic rings. The van der Waals surface area contributed by atoms with Crippen LogP contribution in [0.3, 0.4) is 0 Å². The third-order valence-electron chi connectivity index (χ3n) is 0.625. The van der Waals surface area contributed by atoms with Crippen LogP contribution in [-0.2, 0) is 0 Å². The van der Waals surface area contributed by atoms with E-state index in [-0.39, 0.29) is 0 Å². The SMILES string of the molecule is [C]#CCCC#CC[CH2]. The molecule has 0 spiro atoms. The summed E-state index contributed by atoms with van der Waals surface area (Å²) in [7, 11) is 0. The highest BCUT2D eigenvalue weighted by molar-refractivity contribution is 5.01. The van der Waals surface area contributed by atoms with Crippen molar-refractivity contribution in [1.29, 1.82) is 0 Å². The Balaban J connectivity index is 3.06. The second-order valence-electron chi connectivity index (χ2n) is 1.28. The molecule has 0 rings (SSSR count). The highest BCUT2D eigenvalue weighted by Gasteiger charge is 1.69. The number of hydrogen-bond donors (Lipinski definition) is 0. The van der Waals surface area contributed by atoms with E-state index in [9.17, 15) is 0 Å². The Morgan fingerprint density at radius 1 is 1.25 bits per heavy atom. The van der Waals surface area contributed by atoms with Crippen molar-refractivity contribution in [2.75, 3.05) is 0 Å². The van der Waals surface area contributed by atoms with E-state index in [1.54, 1.807) is 0 Å². The maximum Gasteiger partial charge on any atom is 0.0209 e. The summed E-state index contributed by atoms with van der Waals surface area (Å²) in [6.45, 7) is 3.54. The van der Waals surface area contributed by atoms with Gasteiger partial charge in [-0.1, -0.05) is 5.92 Å². The van der Waals surface area contributed by atoms with Gasteiger partial charge in [-0.2, -0.15) is 0 Å². The molecule has 0 amide bonds. The van der Waals surface area contributed by atoms with E-state index >= 15 is 0 Å². The lowest BCUT2D eigenvalue weighted by atomic mass is 10.3. The van der Waals surface area contributed by atoms with Crippen molar-refractivity contribution < 1.29 is 0 Å². The molecule has 0 N–H and O–H groups in total. The van der Waals surface area contributed by atoms with Crippen LogP contribution in [0.4, 0.5) is 0 Å². The third-order valence-corrected chi connectivity index (χ3v) is 0.625. The van der Waals surface area contributed by atoms with Gasteiger partial charge < -0.3 is 0 Å². The van der Waals surface area contributed by atoms with Crippen LogP contribution in [0, 0.1) is 31.1 Å². The second kappa shape index (κ2) is 6.12. The molecule has 0 heteroatoms. The van der Waals surface area contributed by atoms with Gasteiger partial charge in [0.25, 0.3) is 0 Å². The van der Waals surface area contributed by atoms with Crippen molar-refractivity contribution >= 4 is 0 Å². The molecular weight excluding hydrogens is 96.1 g/mol. The van der Waals surface area contributed by atoms with E-state index in [0.29, 0.717) is 12.8 Å². The zero-order valence-corrected chi connectivity index (χ0v) is 4.83. The topological polar surface area (TPSA) is 0 Å². The van der Waals surface area contributed by atoms with Crippen molar-refractivity contribution in [3.63, 3.8) is 0 Å². The molecule has 8 heavy (non-hydrogen) atoms. The van der Waals surface area contributed by atoms with Gasteiger partial charge in [-0.25, -0.2) is 0 Å². The molecule has 0 unspecified atom stereocenters. The smallest absolute Gasteiger partial charge is 0.0209 e.